The molecule has 1 fully saturated rings. The number of pyridine rings is 1. The molecule has 0 N–H and O–H groups in total. The van der Waals surface area contributed by atoms with Crippen LogP contribution in [0.1, 0.15) is 33.3 Å². The SMILES string of the molecule is CC.CC(C)(C(=O)Cc1cccnc1)N1COCN(c2ccccc2)C1=O. The molecule has 2 amide bonds. The van der Waals surface area contributed by atoms with Gasteiger partial charge in [-0.3, -0.25) is 19.6 Å². The van der Waals surface area contributed by atoms with Crippen LogP contribution in [0.4, 0.5) is 10.5 Å². The molecule has 1 aromatic heterocycles. The monoisotopic (exact) mass is 369 g/mol. The summed E-state index contributed by atoms with van der Waals surface area (Å²) in [4.78, 5) is 32.8. The number of aromatic nitrogens is 1. The molecule has 6 heteroatoms. The summed E-state index contributed by atoms with van der Waals surface area (Å²) in [6.07, 6.45) is 3.55. The number of ketones is 1. The summed E-state index contributed by atoms with van der Waals surface area (Å²) in [5.41, 5.74) is 0.582. The van der Waals surface area contributed by atoms with Crippen LogP contribution < -0.4 is 4.90 Å². The van der Waals surface area contributed by atoms with E-state index < -0.39 is 5.54 Å². The third kappa shape index (κ3) is 4.71. The number of carbonyl (C=O) groups is 2. The molecule has 1 aliphatic rings. The quantitative estimate of drug-likeness (QED) is 0.803. The Morgan fingerprint density at radius 1 is 1.11 bits per heavy atom. The molecule has 2 aromatic rings. The fraction of sp³-hybridized carbons (Fsp3) is 0.381. The van der Waals surface area contributed by atoms with E-state index in [2.05, 4.69) is 4.98 Å². The Hall–Kier alpha value is -2.73. The summed E-state index contributed by atoms with van der Waals surface area (Å²) in [5, 5.41) is 0. The molecular formula is C21H27N3O3. The highest BCUT2D eigenvalue weighted by Crippen LogP contribution is 2.26. The highest BCUT2D eigenvalue weighted by Gasteiger charge is 2.41. The van der Waals surface area contributed by atoms with E-state index in [1.165, 1.54) is 9.80 Å². The zero-order valence-corrected chi connectivity index (χ0v) is 16.4. The Labute approximate surface area is 160 Å². The van der Waals surface area contributed by atoms with Crippen molar-refractivity contribution in [3.63, 3.8) is 0 Å². The second-order valence-electron chi connectivity index (χ2n) is 6.46. The summed E-state index contributed by atoms with van der Waals surface area (Å²) in [6, 6.07) is 12.7. The number of carbonyl (C=O) groups excluding carboxylic acids is 2. The van der Waals surface area contributed by atoms with E-state index in [0.717, 1.165) is 11.3 Å². The standard InChI is InChI=1S/C19H21N3O3.C2H6/c1-19(2,17(23)11-15-7-6-10-20-12-15)22-14-25-13-21(18(22)24)16-8-4-3-5-9-16;1-2/h3-10,12H,11,13-14H2,1-2H3;1-2H3. The fourth-order valence-electron chi connectivity index (χ4n) is 2.73. The van der Waals surface area contributed by atoms with Crippen LogP contribution in [0.3, 0.4) is 0 Å². The predicted octanol–water partition coefficient (Wildman–Crippen LogP) is 3.87. The molecule has 0 bridgehead atoms. The Morgan fingerprint density at radius 3 is 2.44 bits per heavy atom. The van der Waals surface area contributed by atoms with E-state index in [4.69, 9.17) is 4.74 Å². The molecule has 1 aliphatic heterocycles. The molecule has 0 saturated carbocycles. The zero-order chi connectivity index (χ0) is 19.9. The van der Waals surface area contributed by atoms with Crippen molar-refractivity contribution in [2.45, 2.75) is 39.7 Å². The topological polar surface area (TPSA) is 62.7 Å². The maximum Gasteiger partial charge on any atom is 0.329 e. The molecule has 1 saturated heterocycles. The van der Waals surface area contributed by atoms with Crippen molar-refractivity contribution in [1.82, 2.24) is 9.88 Å². The van der Waals surface area contributed by atoms with E-state index in [1.807, 2.05) is 50.2 Å². The van der Waals surface area contributed by atoms with Gasteiger partial charge in [-0.1, -0.05) is 38.1 Å². The normalized spacial score (nSPS) is 14.4. The van der Waals surface area contributed by atoms with Crippen molar-refractivity contribution in [3.05, 3.63) is 60.4 Å². The number of hydrogen-bond donors (Lipinski definition) is 0. The summed E-state index contributed by atoms with van der Waals surface area (Å²) >= 11 is 0. The average Bonchev–Trinajstić information content (AvgIpc) is 2.71. The zero-order valence-electron chi connectivity index (χ0n) is 16.4. The van der Waals surface area contributed by atoms with Crippen molar-refractivity contribution < 1.29 is 14.3 Å². The van der Waals surface area contributed by atoms with Crippen LogP contribution in [0, 0.1) is 0 Å². The smallest absolute Gasteiger partial charge is 0.329 e. The van der Waals surface area contributed by atoms with Gasteiger partial charge >= 0.3 is 6.03 Å². The molecule has 3 rings (SSSR count). The highest BCUT2D eigenvalue weighted by atomic mass is 16.5. The number of anilines is 1. The molecule has 0 atom stereocenters. The lowest BCUT2D eigenvalue weighted by molar-refractivity contribution is -0.131. The van der Waals surface area contributed by atoms with Crippen molar-refractivity contribution in [2.24, 2.45) is 0 Å². The predicted molar refractivity (Wildman–Crippen MR) is 105 cm³/mol. The van der Waals surface area contributed by atoms with Gasteiger partial charge in [-0.25, -0.2) is 4.79 Å². The second-order valence-corrected chi connectivity index (χ2v) is 6.46. The van der Waals surface area contributed by atoms with Crippen LogP contribution in [0.25, 0.3) is 0 Å². The summed E-state index contributed by atoms with van der Waals surface area (Å²) in [5.74, 6) is -0.0626. The molecule has 2 heterocycles. The van der Waals surface area contributed by atoms with Crippen LogP contribution >= 0.6 is 0 Å². The number of amides is 2. The van der Waals surface area contributed by atoms with E-state index in [1.54, 1.807) is 32.3 Å². The molecule has 144 valence electrons. The van der Waals surface area contributed by atoms with Gasteiger partial charge in [0, 0.05) is 24.5 Å². The first-order chi connectivity index (χ1) is 13.0. The Kier molecular flexibility index (Phi) is 7.07. The largest absolute Gasteiger partial charge is 0.340 e. The molecular weight excluding hydrogens is 342 g/mol. The Balaban J connectivity index is 0.00000126. The average molecular weight is 369 g/mol. The number of nitrogens with zero attached hydrogens (tertiary/aromatic N) is 3. The minimum absolute atomic E-state index is 0.0626. The molecule has 27 heavy (non-hydrogen) atoms. The maximum atomic E-state index is 12.9. The van der Waals surface area contributed by atoms with E-state index in [9.17, 15) is 9.59 Å². The molecule has 0 spiro atoms. The summed E-state index contributed by atoms with van der Waals surface area (Å²) in [6.45, 7) is 7.77. The van der Waals surface area contributed by atoms with Gasteiger partial charge in [0.25, 0.3) is 0 Å². The number of Topliss-reactive ketones (excluding diaryl/α,β-unsaturated/α-hetero) is 1. The molecule has 0 aliphatic carbocycles. The van der Waals surface area contributed by atoms with Gasteiger partial charge < -0.3 is 4.74 Å². The van der Waals surface area contributed by atoms with Crippen molar-refractivity contribution in [2.75, 3.05) is 18.4 Å². The first-order valence-corrected chi connectivity index (χ1v) is 9.14. The third-order valence-electron chi connectivity index (χ3n) is 4.42. The first-order valence-electron chi connectivity index (χ1n) is 9.14. The lowest BCUT2D eigenvalue weighted by atomic mass is 9.92. The number of hydrogen-bond acceptors (Lipinski definition) is 4. The van der Waals surface area contributed by atoms with E-state index in [0.29, 0.717) is 0 Å². The molecule has 0 unspecified atom stereocenters. The van der Waals surface area contributed by atoms with E-state index >= 15 is 0 Å². The Bertz CT molecular complexity index is 748. The molecule has 0 radical (unpaired) electrons. The van der Waals surface area contributed by atoms with Crippen molar-refractivity contribution in [1.29, 1.82) is 0 Å². The van der Waals surface area contributed by atoms with Crippen molar-refractivity contribution in [3.8, 4) is 0 Å². The van der Waals surface area contributed by atoms with Gasteiger partial charge in [0.15, 0.2) is 5.78 Å². The summed E-state index contributed by atoms with van der Waals surface area (Å²) in [7, 11) is 0. The van der Waals surface area contributed by atoms with Gasteiger partial charge in [-0.2, -0.15) is 0 Å². The van der Waals surface area contributed by atoms with Gasteiger partial charge in [0.1, 0.15) is 19.0 Å². The minimum atomic E-state index is -0.986. The molecule has 6 nitrogen and oxygen atoms in total. The van der Waals surface area contributed by atoms with E-state index in [-0.39, 0.29) is 31.7 Å². The Morgan fingerprint density at radius 2 is 1.81 bits per heavy atom. The summed E-state index contributed by atoms with van der Waals surface area (Å²) < 4.78 is 5.57. The number of rotatable bonds is 5. The highest BCUT2D eigenvalue weighted by molar-refractivity contribution is 5.98. The van der Waals surface area contributed by atoms with Gasteiger partial charge in [-0.05, 0) is 37.6 Å². The van der Waals surface area contributed by atoms with Crippen LogP contribution in [-0.4, -0.2) is 40.7 Å². The first kappa shape index (κ1) is 20.6. The van der Waals surface area contributed by atoms with Gasteiger partial charge in [0.05, 0.1) is 0 Å². The second kappa shape index (κ2) is 9.28. The number of benzene rings is 1. The van der Waals surface area contributed by atoms with Gasteiger partial charge in [-0.15, -0.1) is 0 Å². The van der Waals surface area contributed by atoms with Crippen LogP contribution in [0.15, 0.2) is 54.9 Å². The number of ether oxygens (including phenoxy) is 1. The third-order valence-corrected chi connectivity index (χ3v) is 4.42. The van der Waals surface area contributed by atoms with Crippen molar-refractivity contribution >= 4 is 17.5 Å². The van der Waals surface area contributed by atoms with Crippen LogP contribution in [0.5, 0.6) is 0 Å². The lowest BCUT2D eigenvalue weighted by Gasteiger charge is -2.43. The van der Waals surface area contributed by atoms with Gasteiger partial charge in [0.2, 0.25) is 0 Å². The fourth-order valence-corrected chi connectivity index (χ4v) is 2.73. The van der Waals surface area contributed by atoms with Crippen LogP contribution in [0.2, 0.25) is 0 Å². The maximum absolute atomic E-state index is 12.9. The van der Waals surface area contributed by atoms with Crippen LogP contribution in [-0.2, 0) is 16.0 Å². The lowest BCUT2D eigenvalue weighted by Crippen LogP contribution is -2.61. The minimum Gasteiger partial charge on any atom is -0.340 e. The number of urea groups is 1. The number of para-hydroxylation sites is 1. The molecule has 1 aromatic carbocycles.